The van der Waals surface area contributed by atoms with Crippen molar-refractivity contribution in [3.8, 4) is 0 Å². The minimum Gasteiger partial charge on any atom is -0.379 e. The van der Waals surface area contributed by atoms with Crippen molar-refractivity contribution in [1.82, 2.24) is 10.3 Å². The van der Waals surface area contributed by atoms with Crippen LogP contribution in [0, 0.1) is 0 Å². The van der Waals surface area contributed by atoms with E-state index in [4.69, 9.17) is 4.74 Å². The number of nitrogens with one attached hydrogen (secondary N) is 1. The number of carbonyl (C=O) groups is 1. The number of benzene rings is 1. The fraction of sp³-hybridized carbons (Fsp3) is 0.467. The van der Waals surface area contributed by atoms with Crippen LogP contribution >= 0.6 is 15.9 Å². The van der Waals surface area contributed by atoms with E-state index >= 15 is 0 Å². The van der Waals surface area contributed by atoms with Gasteiger partial charge in [0.1, 0.15) is 0 Å². The zero-order chi connectivity index (χ0) is 15.9. The summed E-state index contributed by atoms with van der Waals surface area (Å²) < 4.78 is 6.23. The summed E-state index contributed by atoms with van der Waals surface area (Å²) in [4.78, 5) is 15.9. The van der Waals surface area contributed by atoms with Crippen molar-refractivity contribution >= 4 is 33.7 Å². The van der Waals surface area contributed by atoms with Gasteiger partial charge >= 0.3 is 0 Å². The van der Waals surface area contributed by atoms with Gasteiger partial charge in [0.15, 0.2) is 0 Å². The molecule has 1 aliphatic heterocycles. The largest absolute Gasteiger partial charge is 0.379 e. The van der Waals surface area contributed by atoms with Gasteiger partial charge in [0.25, 0.3) is 5.91 Å². The van der Waals surface area contributed by atoms with Gasteiger partial charge in [-0.3, -0.25) is 9.69 Å². The molecule has 0 radical (unpaired) electrons. The fourth-order valence-corrected chi connectivity index (χ4v) is 2.89. The molecule has 0 atom stereocenters. The topological polar surface area (TPSA) is 57.2 Å². The maximum absolute atomic E-state index is 11.8. The average molecular weight is 369 g/mol. The highest BCUT2D eigenvalue weighted by Crippen LogP contribution is 2.25. The highest BCUT2D eigenvalue weighted by atomic mass is 79.9. The number of carbonyl (C=O) groups excluding carboxylic acids is 1. The maximum atomic E-state index is 11.8. The summed E-state index contributed by atoms with van der Waals surface area (Å²) in [6, 6.07) is 5.92. The van der Waals surface area contributed by atoms with Gasteiger partial charge in [-0.15, -0.1) is 0 Å². The molecule has 1 heterocycles. The maximum Gasteiger partial charge on any atom is 0.254 e. The number of rotatable bonds is 5. The van der Waals surface area contributed by atoms with Crippen molar-refractivity contribution in [3.05, 3.63) is 28.2 Å². The van der Waals surface area contributed by atoms with Gasteiger partial charge in [0.05, 0.1) is 31.7 Å². The van der Waals surface area contributed by atoms with Crippen LogP contribution in [0.25, 0.3) is 0 Å². The van der Waals surface area contributed by atoms with Gasteiger partial charge in [-0.2, -0.15) is 5.10 Å². The molecule has 0 aliphatic carbocycles. The number of amides is 1. The molecule has 0 saturated carbocycles. The molecule has 0 spiro atoms. The highest BCUT2D eigenvalue weighted by Gasteiger charge is 2.13. The van der Waals surface area contributed by atoms with Crippen molar-refractivity contribution in [2.24, 2.45) is 5.10 Å². The van der Waals surface area contributed by atoms with Gasteiger partial charge in [-0.1, -0.05) is 6.07 Å². The van der Waals surface area contributed by atoms with Crippen LogP contribution in [0.1, 0.15) is 5.56 Å². The quantitative estimate of drug-likeness (QED) is 0.628. The standard InChI is InChI=1S/C15H21BrN4O2/c1-19(2)14-4-3-12(9-13(14)16)10-17-18-15(21)11-20-5-7-22-8-6-20/h3-4,9-10H,5-8,11H2,1-2H3,(H,18,21)/b17-10-. The smallest absolute Gasteiger partial charge is 0.254 e. The van der Waals surface area contributed by atoms with Gasteiger partial charge in [-0.25, -0.2) is 5.43 Å². The van der Waals surface area contributed by atoms with Gasteiger partial charge in [-0.05, 0) is 33.6 Å². The molecular weight excluding hydrogens is 348 g/mol. The lowest BCUT2D eigenvalue weighted by Crippen LogP contribution is -2.42. The summed E-state index contributed by atoms with van der Waals surface area (Å²) in [5.74, 6) is -0.109. The van der Waals surface area contributed by atoms with Crippen LogP contribution < -0.4 is 10.3 Å². The second kappa shape index (κ2) is 8.26. The summed E-state index contributed by atoms with van der Waals surface area (Å²) in [5, 5.41) is 4.01. The molecule has 1 amide bonds. The van der Waals surface area contributed by atoms with E-state index in [0.29, 0.717) is 19.8 Å². The number of morpholine rings is 1. The Morgan fingerprint density at radius 3 is 2.82 bits per heavy atom. The van der Waals surface area contributed by atoms with Crippen LogP contribution in [0.15, 0.2) is 27.8 Å². The zero-order valence-electron chi connectivity index (χ0n) is 12.9. The second-order valence-electron chi connectivity index (χ2n) is 5.29. The van der Waals surface area contributed by atoms with E-state index in [1.54, 1.807) is 6.21 Å². The molecule has 1 aliphatic rings. The van der Waals surface area contributed by atoms with E-state index in [0.717, 1.165) is 28.8 Å². The molecule has 6 nitrogen and oxygen atoms in total. The third-order valence-corrected chi connectivity index (χ3v) is 3.96. The lowest BCUT2D eigenvalue weighted by atomic mass is 10.2. The first-order chi connectivity index (χ1) is 10.6. The number of nitrogens with zero attached hydrogens (tertiary/aromatic N) is 3. The van der Waals surface area contributed by atoms with E-state index in [2.05, 4.69) is 31.4 Å². The molecule has 1 saturated heterocycles. The van der Waals surface area contributed by atoms with E-state index < -0.39 is 0 Å². The van der Waals surface area contributed by atoms with Crippen molar-refractivity contribution in [2.75, 3.05) is 51.8 Å². The molecule has 1 aromatic rings. The van der Waals surface area contributed by atoms with Crippen LogP contribution in [0.4, 0.5) is 5.69 Å². The number of hydrazone groups is 1. The predicted molar refractivity (Wildman–Crippen MR) is 91.5 cm³/mol. The Bertz CT molecular complexity index is 542. The summed E-state index contributed by atoms with van der Waals surface area (Å²) in [6.07, 6.45) is 1.64. The molecule has 2 rings (SSSR count). The average Bonchev–Trinajstić information content (AvgIpc) is 2.48. The first-order valence-electron chi connectivity index (χ1n) is 7.15. The molecule has 1 fully saturated rings. The number of ether oxygens (including phenoxy) is 1. The highest BCUT2D eigenvalue weighted by molar-refractivity contribution is 9.10. The predicted octanol–water partition coefficient (Wildman–Crippen LogP) is 1.30. The summed E-state index contributed by atoms with van der Waals surface area (Å²) in [7, 11) is 3.97. The van der Waals surface area contributed by atoms with Crippen molar-refractivity contribution in [2.45, 2.75) is 0 Å². The summed E-state index contributed by atoms with van der Waals surface area (Å²) in [5.41, 5.74) is 4.57. The van der Waals surface area contributed by atoms with E-state index in [-0.39, 0.29) is 5.91 Å². The Morgan fingerprint density at radius 1 is 1.45 bits per heavy atom. The number of anilines is 1. The van der Waals surface area contributed by atoms with Crippen LogP contribution in [-0.2, 0) is 9.53 Å². The third kappa shape index (κ3) is 5.08. The molecule has 120 valence electrons. The number of hydrogen-bond acceptors (Lipinski definition) is 5. The SMILES string of the molecule is CN(C)c1ccc(/C=N\NC(=O)CN2CCOCC2)cc1Br. The lowest BCUT2D eigenvalue weighted by Gasteiger charge is -2.25. The lowest BCUT2D eigenvalue weighted by molar-refractivity contribution is -0.123. The second-order valence-corrected chi connectivity index (χ2v) is 6.14. The Labute approximate surface area is 139 Å². The Balaban J connectivity index is 1.84. The molecule has 1 N–H and O–H groups in total. The molecule has 22 heavy (non-hydrogen) atoms. The first-order valence-corrected chi connectivity index (χ1v) is 7.94. The molecule has 1 aromatic carbocycles. The Kier molecular flexibility index (Phi) is 6.35. The van der Waals surface area contributed by atoms with E-state index in [9.17, 15) is 4.79 Å². The number of hydrogen-bond donors (Lipinski definition) is 1. The zero-order valence-corrected chi connectivity index (χ0v) is 14.5. The van der Waals surface area contributed by atoms with E-state index in [1.807, 2.05) is 37.2 Å². The first kappa shape index (κ1) is 16.9. The van der Waals surface area contributed by atoms with Crippen LogP contribution in [0.2, 0.25) is 0 Å². The Hall–Kier alpha value is -1.44. The van der Waals surface area contributed by atoms with Crippen molar-refractivity contribution < 1.29 is 9.53 Å². The van der Waals surface area contributed by atoms with E-state index in [1.165, 1.54) is 0 Å². The van der Waals surface area contributed by atoms with Gasteiger partial charge < -0.3 is 9.64 Å². The molecular formula is C15H21BrN4O2. The summed E-state index contributed by atoms with van der Waals surface area (Å²) >= 11 is 3.53. The van der Waals surface area contributed by atoms with Crippen molar-refractivity contribution in [1.29, 1.82) is 0 Å². The molecule has 7 heteroatoms. The van der Waals surface area contributed by atoms with Crippen molar-refractivity contribution in [3.63, 3.8) is 0 Å². The Morgan fingerprint density at radius 2 is 2.18 bits per heavy atom. The fourth-order valence-electron chi connectivity index (χ4n) is 2.14. The normalized spacial score (nSPS) is 16.0. The van der Waals surface area contributed by atoms with Crippen LogP contribution in [0.5, 0.6) is 0 Å². The minimum atomic E-state index is -0.109. The molecule has 0 bridgehead atoms. The minimum absolute atomic E-state index is 0.109. The molecule has 0 aromatic heterocycles. The van der Waals surface area contributed by atoms with Crippen LogP contribution in [0.3, 0.4) is 0 Å². The molecule has 0 unspecified atom stereocenters. The van der Waals surface area contributed by atoms with Gasteiger partial charge in [0, 0.05) is 31.7 Å². The van der Waals surface area contributed by atoms with Crippen LogP contribution in [-0.4, -0.2) is 64.0 Å². The third-order valence-electron chi connectivity index (χ3n) is 3.33. The van der Waals surface area contributed by atoms with Gasteiger partial charge in [0.2, 0.25) is 0 Å². The summed E-state index contributed by atoms with van der Waals surface area (Å²) in [6.45, 7) is 3.29. The number of halogens is 1. The monoisotopic (exact) mass is 368 g/mol.